The Balaban J connectivity index is 1.43. The minimum atomic E-state index is 0.226. The van der Waals surface area contributed by atoms with Gasteiger partial charge >= 0.3 is 0 Å². The van der Waals surface area contributed by atoms with Gasteiger partial charge in [0.1, 0.15) is 6.33 Å². The number of nitrogens with zero attached hydrogens (tertiary/aromatic N) is 5. The summed E-state index contributed by atoms with van der Waals surface area (Å²) in [5, 5.41) is 7.86. The van der Waals surface area contributed by atoms with Gasteiger partial charge in [-0.2, -0.15) is 10.1 Å². The Morgan fingerprint density at radius 3 is 2.76 bits per heavy atom. The van der Waals surface area contributed by atoms with E-state index in [9.17, 15) is 4.79 Å². The fourth-order valence-corrected chi connectivity index (χ4v) is 4.47. The maximum atomic E-state index is 12.7. The van der Waals surface area contributed by atoms with E-state index >= 15 is 0 Å². The number of hydrogen-bond acceptors (Lipinski definition) is 5. The van der Waals surface area contributed by atoms with Crippen molar-refractivity contribution in [2.24, 2.45) is 0 Å². The predicted molar refractivity (Wildman–Crippen MR) is 94.3 cm³/mol. The number of carbonyl (C=O) groups is 1. The highest BCUT2D eigenvalue weighted by molar-refractivity contribution is 5.76. The van der Waals surface area contributed by atoms with Gasteiger partial charge in [-0.3, -0.25) is 4.79 Å². The molecule has 2 aromatic heterocycles. The van der Waals surface area contributed by atoms with Gasteiger partial charge in [0.05, 0.1) is 0 Å². The first-order valence-corrected chi connectivity index (χ1v) is 9.20. The molecule has 7 heteroatoms. The van der Waals surface area contributed by atoms with Gasteiger partial charge in [-0.15, -0.1) is 0 Å². The number of amides is 1. The molecular weight excluding hydrogens is 316 g/mol. The fraction of sp³-hybridized carbons (Fsp3) is 0.667. The van der Waals surface area contributed by atoms with Gasteiger partial charge < -0.3 is 10.2 Å². The van der Waals surface area contributed by atoms with Crippen LogP contribution in [0.2, 0.25) is 0 Å². The quantitative estimate of drug-likeness (QED) is 0.909. The van der Waals surface area contributed by atoms with E-state index in [-0.39, 0.29) is 5.91 Å². The van der Waals surface area contributed by atoms with E-state index in [0.717, 1.165) is 29.8 Å². The summed E-state index contributed by atoms with van der Waals surface area (Å²) in [5.74, 6) is 0.844. The second-order valence-electron chi connectivity index (χ2n) is 7.50. The molecule has 2 aliphatic heterocycles. The lowest BCUT2D eigenvalue weighted by atomic mass is 9.98. The van der Waals surface area contributed by atoms with Crippen LogP contribution in [0.1, 0.15) is 49.1 Å². The number of nitrogens with one attached hydrogen (secondary N) is 1. The molecule has 0 spiro atoms. The number of hydrogen-bond donors (Lipinski definition) is 1. The molecule has 0 radical (unpaired) electrons. The van der Waals surface area contributed by atoms with Crippen LogP contribution in [-0.4, -0.2) is 55.6 Å². The van der Waals surface area contributed by atoms with Gasteiger partial charge in [0.15, 0.2) is 0 Å². The summed E-state index contributed by atoms with van der Waals surface area (Å²) in [5.41, 5.74) is 3.06. The number of carbonyl (C=O) groups excluding carboxylic acids is 1. The molecule has 2 atom stereocenters. The average molecular weight is 342 g/mol. The van der Waals surface area contributed by atoms with Crippen molar-refractivity contribution in [2.45, 2.75) is 70.5 Å². The minimum Gasteiger partial charge on any atom is -0.343 e. The molecule has 0 aliphatic carbocycles. The van der Waals surface area contributed by atoms with Crippen LogP contribution in [0.15, 0.2) is 6.33 Å². The Labute approximate surface area is 147 Å². The van der Waals surface area contributed by atoms with Crippen molar-refractivity contribution in [3.05, 3.63) is 23.3 Å². The Hall–Kier alpha value is -2.02. The molecule has 25 heavy (non-hydrogen) atoms. The Morgan fingerprint density at radius 1 is 1.32 bits per heavy atom. The SMILES string of the molecule is Cc1nc2ncnn2c(C)c1CCC(=O)N(C)C1CC2CCC(C1)N2. The first-order valence-electron chi connectivity index (χ1n) is 9.20. The second-order valence-corrected chi connectivity index (χ2v) is 7.50. The number of aryl methyl sites for hydroxylation is 2. The second kappa shape index (κ2) is 6.37. The first kappa shape index (κ1) is 16.4. The highest BCUT2D eigenvalue weighted by Gasteiger charge is 2.36. The van der Waals surface area contributed by atoms with E-state index in [0.29, 0.717) is 36.7 Å². The van der Waals surface area contributed by atoms with Gasteiger partial charge in [0.25, 0.3) is 5.78 Å². The van der Waals surface area contributed by atoms with E-state index in [2.05, 4.69) is 20.4 Å². The van der Waals surface area contributed by atoms with E-state index in [1.807, 2.05) is 25.8 Å². The number of fused-ring (bicyclic) bond motifs is 3. The van der Waals surface area contributed by atoms with Crippen molar-refractivity contribution in [3.63, 3.8) is 0 Å². The molecule has 7 nitrogen and oxygen atoms in total. The zero-order valence-electron chi connectivity index (χ0n) is 15.2. The van der Waals surface area contributed by atoms with Gasteiger partial charge in [-0.05, 0) is 51.5 Å². The van der Waals surface area contributed by atoms with Crippen LogP contribution in [0.5, 0.6) is 0 Å². The highest BCUT2D eigenvalue weighted by atomic mass is 16.2. The maximum absolute atomic E-state index is 12.7. The van der Waals surface area contributed by atoms with Crippen molar-refractivity contribution in [1.82, 2.24) is 29.8 Å². The largest absolute Gasteiger partial charge is 0.343 e. The summed E-state index contributed by atoms with van der Waals surface area (Å²) >= 11 is 0. The molecular formula is C18H26N6O. The summed E-state index contributed by atoms with van der Waals surface area (Å²) in [6.07, 6.45) is 7.41. The molecule has 2 saturated heterocycles. The van der Waals surface area contributed by atoms with Crippen LogP contribution in [0.4, 0.5) is 0 Å². The van der Waals surface area contributed by atoms with E-state index < -0.39 is 0 Å². The molecule has 2 unspecified atom stereocenters. The average Bonchev–Trinajstić information content (AvgIpc) is 3.19. The molecule has 2 bridgehead atoms. The molecule has 0 saturated carbocycles. The summed E-state index contributed by atoms with van der Waals surface area (Å²) in [6, 6.07) is 1.58. The maximum Gasteiger partial charge on any atom is 0.252 e. The third-order valence-electron chi connectivity index (χ3n) is 5.97. The van der Waals surface area contributed by atoms with Crippen LogP contribution >= 0.6 is 0 Å². The molecule has 1 amide bonds. The third-order valence-corrected chi connectivity index (χ3v) is 5.97. The Morgan fingerprint density at radius 2 is 2.04 bits per heavy atom. The van der Waals surface area contributed by atoms with Gasteiger partial charge in [-0.25, -0.2) is 9.50 Å². The van der Waals surface area contributed by atoms with Crippen molar-refractivity contribution in [1.29, 1.82) is 0 Å². The van der Waals surface area contributed by atoms with Crippen molar-refractivity contribution in [2.75, 3.05) is 7.05 Å². The van der Waals surface area contributed by atoms with Crippen LogP contribution < -0.4 is 5.32 Å². The fourth-order valence-electron chi connectivity index (χ4n) is 4.47. The third kappa shape index (κ3) is 3.01. The monoisotopic (exact) mass is 342 g/mol. The van der Waals surface area contributed by atoms with E-state index in [1.165, 1.54) is 19.2 Å². The molecule has 0 aromatic carbocycles. The lowest BCUT2D eigenvalue weighted by Crippen LogP contribution is -2.48. The number of rotatable bonds is 4. The number of aromatic nitrogens is 4. The standard InChI is InChI=1S/C18H26N6O/c1-11-16(12(2)24-18(21-11)19-10-20-24)6-7-17(25)23(3)15-8-13-4-5-14(9-15)22-13/h10,13-15,22H,4-9H2,1-3H3. The summed E-state index contributed by atoms with van der Waals surface area (Å²) in [4.78, 5) is 23.4. The summed E-state index contributed by atoms with van der Waals surface area (Å²) in [7, 11) is 1.97. The first-order chi connectivity index (χ1) is 12.0. The van der Waals surface area contributed by atoms with Crippen LogP contribution in [0, 0.1) is 13.8 Å². The van der Waals surface area contributed by atoms with E-state index in [1.54, 1.807) is 4.52 Å². The lowest BCUT2D eigenvalue weighted by Gasteiger charge is -2.35. The zero-order chi connectivity index (χ0) is 17.6. The molecule has 4 heterocycles. The molecule has 1 N–H and O–H groups in total. The molecule has 2 aliphatic rings. The topological polar surface area (TPSA) is 75.4 Å². The Kier molecular flexibility index (Phi) is 4.19. The molecule has 2 fully saturated rings. The van der Waals surface area contributed by atoms with E-state index in [4.69, 9.17) is 0 Å². The van der Waals surface area contributed by atoms with Crippen LogP contribution in [0.3, 0.4) is 0 Å². The lowest BCUT2D eigenvalue weighted by molar-refractivity contribution is -0.132. The van der Waals surface area contributed by atoms with Crippen molar-refractivity contribution < 1.29 is 4.79 Å². The smallest absolute Gasteiger partial charge is 0.252 e. The van der Waals surface area contributed by atoms with Gasteiger partial charge in [0.2, 0.25) is 5.91 Å². The van der Waals surface area contributed by atoms with Crippen LogP contribution in [-0.2, 0) is 11.2 Å². The summed E-state index contributed by atoms with van der Waals surface area (Å²) in [6.45, 7) is 4.00. The zero-order valence-corrected chi connectivity index (χ0v) is 15.2. The van der Waals surface area contributed by atoms with Gasteiger partial charge in [0, 0.05) is 43.0 Å². The Bertz CT molecular complexity index is 788. The molecule has 134 valence electrons. The predicted octanol–water partition coefficient (Wildman–Crippen LogP) is 1.42. The molecule has 2 aromatic rings. The number of piperidine rings is 1. The summed E-state index contributed by atoms with van der Waals surface area (Å²) < 4.78 is 1.75. The van der Waals surface area contributed by atoms with Gasteiger partial charge in [-0.1, -0.05) is 0 Å². The molecule has 4 rings (SSSR count). The van der Waals surface area contributed by atoms with Crippen molar-refractivity contribution in [3.8, 4) is 0 Å². The minimum absolute atomic E-state index is 0.226. The van der Waals surface area contributed by atoms with Crippen LogP contribution in [0.25, 0.3) is 5.78 Å². The normalized spacial score (nSPS) is 25.5. The van der Waals surface area contributed by atoms with Crippen molar-refractivity contribution >= 4 is 11.7 Å². The highest BCUT2D eigenvalue weighted by Crippen LogP contribution is 2.29.